The molecule has 1 aliphatic rings. The summed E-state index contributed by atoms with van der Waals surface area (Å²) in [4.78, 5) is 7.27. The molecule has 1 saturated heterocycles. The minimum Gasteiger partial charge on any atom is -0.468 e. The van der Waals surface area contributed by atoms with E-state index in [-0.39, 0.29) is 0 Å². The van der Waals surface area contributed by atoms with Crippen LogP contribution in [0.3, 0.4) is 0 Å². The van der Waals surface area contributed by atoms with Gasteiger partial charge in [0.15, 0.2) is 0 Å². The molecule has 4 rings (SSSR count). The largest absolute Gasteiger partial charge is 0.468 e. The molecule has 0 saturated carbocycles. The second-order valence-corrected chi connectivity index (χ2v) is 7.34. The van der Waals surface area contributed by atoms with Crippen molar-refractivity contribution in [2.24, 2.45) is 0 Å². The molecule has 0 aliphatic carbocycles. The van der Waals surface area contributed by atoms with Gasteiger partial charge in [0, 0.05) is 24.0 Å². The predicted molar refractivity (Wildman–Crippen MR) is 102 cm³/mol. The van der Waals surface area contributed by atoms with Gasteiger partial charge >= 0.3 is 0 Å². The van der Waals surface area contributed by atoms with E-state index in [1.165, 1.54) is 18.4 Å². The van der Waals surface area contributed by atoms with Crippen LogP contribution in [0.1, 0.15) is 29.7 Å². The Labute approximate surface area is 152 Å². The normalized spacial score (nSPS) is 16.3. The Morgan fingerprint density at radius 1 is 1.12 bits per heavy atom. The van der Waals surface area contributed by atoms with Gasteiger partial charge in [0.05, 0.1) is 18.0 Å². The van der Waals surface area contributed by atoms with Crippen molar-refractivity contribution in [1.29, 1.82) is 0 Å². The molecule has 0 radical (unpaired) electrons. The standard InChI is InChI=1S/C20H23N3OS/c1-2-7-16(8-3-1)17-15-25-20(22-17)14-21-13-18(19-9-6-12-24-19)23-10-4-5-11-23/h1-3,6-9,12,15,18,21H,4-5,10-11,13-14H2. The highest BCUT2D eigenvalue weighted by Crippen LogP contribution is 2.25. The summed E-state index contributed by atoms with van der Waals surface area (Å²) in [6.07, 6.45) is 4.33. The molecule has 4 nitrogen and oxygen atoms in total. The molecule has 3 aromatic rings. The highest BCUT2D eigenvalue weighted by molar-refractivity contribution is 7.09. The summed E-state index contributed by atoms with van der Waals surface area (Å²) in [5.74, 6) is 1.05. The molecule has 0 amide bonds. The van der Waals surface area contributed by atoms with Crippen molar-refractivity contribution in [1.82, 2.24) is 15.2 Å². The second-order valence-electron chi connectivity index (χ2n) is 6.40. The molecule has 2 aromatic heterocycles. The first-order chi connectivity index (χ1) is 12.4. The topological polar surface area (TPSA) is 41.3 Å². The zero-order chi connectivity index (χ0) is 16.9. The fraction of sp³-hybridized carbons (Fsp3) is 0.350. The van der Waals surface area contributed by atoms with Crippen LogP contribution in [-0.2, 0) is 6.54 Å². The summed E-state index contributed by atoms with van der Waals surface area (Å²) in [6, 6.07) is 14.7. The highest BCUT2D eigenvalue weighted by atomic mass is 32.1. The third-order valence-corrected chi connectivity index (χ3v) is 5.54. The number of hydrogen-bond acceptors (Lipinski definition) is 5. The van der Waals surface area contributed by atoms with E-state index in [1.54, 1.807) is 17.6 Å². The van der Waals surface area contributed by atoms with Gasteiger partial charge < -0.3 is 9.73 Å². The lowest BCUT2D eigenvalue weighted by molar-refractivity contribution is 0.209. The summed E-state index contributed by atoms with van der Waals surface area (Å²) in [7, 11) is 0. The van der Waals surface area contributed by atoms with Gasteiger partial charge in [0.1, 0.15) is 10.8 Å². The number of furan rings is 1. The molecular weight excluding hydrogens is 330 g/mol. The first-order valence-corrected chi connectivity index (χ1v) is 9.76. The van der Waals surface area contributed by atoms with Gasteiger partial charge in [-0.3, -0.25) is 4.90 Å². The van der Waals surface area contributed by atoms with E-state index in [0.29, 0.717) is 6.04 Å². The van der Waals surface area contributed by atoms with Crippen LogP contribution in [-0.4, -0.2) is 29.5 Å². The molecule has 1 unspecified atom stereocenters. The second kappa shape index (κ2) is 7.95. The number of aromatic nitrogens is 1. The first-order valence-electron chi connectivity index (χ1n) is 8.88. The monoisotopic (exact) mass is 353 g/mol. The van der Waals surface area contributed by atoms with E-state index in [9.17, 15) is 0 Å². The van der Waals surface area contributed by atoms with Crippen LogP contribution >= 0.6 is 11.3 Å². The molecule has 0 spiro atoms. The van der Waals surface area contributed by atoms with Crippen LogP contribution in [0.5, 0.6) is 0 Å². The number of likely N-dealkylation sites (tertiary alicyclic amines) is 1. The van der Waals surface area contributed by atoms with Crippen molar-refractivity contribution in [2.45, 2.75) is 25.4 Å². The maximum absolute atomic E-state index is 5.68. The van der Waals surface area contributed by atoms with E-state index in [2.05, 4.69) is 45.9 Å². The Morgan fingerprint density at radius 3 is 2.72 bits per heavy atom. The Hall–Kier alpha value is -1.95. The third-order valence-electron chi connectivity index (χ3n) is 4.69. The number of rotatable bonds is 7. The van der Waals surface area contributed by atoms with E-state index in [1.807, 2.05) is 12.1 Å². The lowest BCUT2D eigenvalue weighted by atomic mass is 10.2. The van der Waals surface area contributed by atoms with Gasteiger partial charge in [-0.2, -0.15) is 0 Å². The van der Waals surface area contributed by atoms with Crippen molar-refractivity contribution >= 4 is 11.3 Å². The maximum atomic E-state index is 5.68. The smallest absolute Gasteiger partial charge is 0.122 e. The fourth-order valence-corrected chi connectivity index (χ4v) is 4.17. The first kappa shape index (κ1) is 16.5. The molecule has 130 valence electrons. The SMILES string of the molecule is c1ccc(-c2csc(CNCC(c3ccco3)N3CCCC3)n2)cc1. The van der Waals surface area contributed by atoms with Crippen molar-refractivity contribution in [3.05, 3.63) is 64.9 Å². The van der Waals surface area contributed by atoms with E-state index >= 15 is 0 Å². The molecule has 0 bridgehead atoms. The van der Waals surface area contributed by atoms with Crippen molar-refractivity contribution in [3.63, 3.8) is 0 Å². The number of benzene rings is 1. The molecule has 25 heavy (non-hydrogen) atoms. The molecule has 1 N–H and O–H groups in total. The molecule has 3 heterocycles. The lowest BCUT2D eigenvalue weighted by Gasteiger charge is -2.25. The Bertz CT molecular complexity index is 763. The van der Waals surface area contributed by atoms with Gasteiger partial charge in [-0.05, 0) is 38.1 Å². The fourth-order valence-electron chi connectivity index (χ4n) is 3.39. The van der Waals surface area contributed by atoms with Crippen LogP contribution in [0, 0.1) is 0 Å². The summed E-state index contributed by atoms with van der Waals surface area (Å²) in [6.45, 7) is 3.99. The van der Waals surface area contributed by atoms with Crippen LogP contribution in [0.25, 0.3) is 11.3 Å². The zero-order valence-corrected chi connectivity index (χ0v) is 15.0. The minimum absolute atomic E-state index is 0.311. The van der Waals surface area contributed by atoms with E-state index in [4.69, 9.17) is 9.40 Å². The minimum atomic E-state index is 0.311. The van der Waals surface area contributed by atoms with Gasteiger partial charge in [-0.15, -0.1) is 11.3 Å². The van der Waals surface area contributed by atoms with E-state index in [0.717, 1.165) is 42.6 Å². The molecule has 1 atom stereocenters. The number of hydrogen-bond donors (Lipinski definition) is 1. The summed E-state index contributed by atoms with van der Waals surface area (Å²) >= 11 is 1.72. The highest BCUT2D eigenvalue weighted by Gasteiger charge is 2.25. The van der Waals surface area contributed by atoms with E-state index < -0.39 is 0 Å². The van der Waals surface area contributed by atoms with Crippen molar-refractivity contribution < 1.29 is 4.42 Å². The maximum Gasteiger partial charge on any atom is 0.122 e. The van der Waals surface area contributed by atoms with Crippen LogP contribution in [0.15, 0.2) is 58.5 Å². The summed E-state index contributed by atoms with van der Waals surface area (Å²) in [5, 5.41) is 6.84. The van der Waals surface area contributed by atoms with Crippen LogP contribution < -0.4 is 5.32 Å². The average molecular weight is 353 g/mol. The number of nitrogens with zero attached hydrogens (tertiary/aromatic N) is 2. The number of nitrogens with one attached hydrogen (secondary N) is 1. The van der Waals surface area contributed by atoms with Gasteiger partial charge in [-0.1, -0.05) is 30.3 Å². The molecule has 5 heteroatoms. The quantitative estimate of drug-likeness (QED) is 0.686. The molecular formula is C20H23N3OS. The van der Waals surface area contributed by atoms with Crippen molar-refractivity contribution in [3.8, 4) is 11.3 Å². The van der Waals surface area contributed by atoms with Crippen LogP contribution in [0.4, 0.5) is 0 Å². The Morgan fingerprint density at radius 2 is 1.96 bits per heavy atom. The zero-order valence-electron chi connectivity index (χ0n) is 14.2. The summed E-state index contributed by atoms with van der Waals surface area (Å²) < 4.78 is 5.68. The lowest BCUT2D eigenvalue weighted by Crippen LogP contribution is -2.33. The Balaban J connectivity index is 1.37. The predicted octanol–water partition coefficient (Wildman–Crippen LogP) is 4.33. The van der Waals surface area contributed by atoms with Crippen LogP contribution in [0.2, 0.25) is 0 Å². The molecule has 1 aliphatic heterocycles. The number of thiazole rings is 1. The molecule has 1 fully saturated rings. The summed E-state index contributed by atoms with van der Waals surface area (Å²) in [5.41, 5.74) is 2.24. The van der Waals surface area contributed by atoms with Gasteiger partial charge in [0.25, 0.3) is 0 Å². The van der Waals surface area contributed by atoms with Crippen molar-refractivity contribution in [2.75, 3.05) is 19.6 Å². The van der Waals surface area contributed by atoms with Gasteiger partial charge in [0.2, 0.25) is 0 Å². The average Bonchev–Trinajstić information content (AvgIpc) is 3.42. The van der Waals surface area contributed by atoms with Gasteiger partial charge in [-0.25, -0.2) is 4.98 Å². The third kappa shape index (κ3) is 4.00. The molecule has 1 aromatic carbocycles. The Kier molecular flexibility index (Phi) is 5.25.